The summed E-state index contributed by atoms with van der Waals surface area (Å²) in [5.41, 5.74) is -0.851. The number of carbonyl (C=O) groups is 1. The van der Waals surface area contributed by atoms with Crippen LogP contribution < -0.4 is 0 Å². The molecule has 0 saturated heterocycles. The highest BCUT2D eigenvalue weighted by molar-refractivity contribution is 5.77. The van der Waals surface area contributed by atoms with Crippen molar-refractivity contribution >= 4 is 5.97 Å². The Labute approximate surface area is 125 Å². The highest BCUT2D eigenvalue weighted by Crippen LogP contribution is 2.15. The molecule has 5 nitrogen and oxygen atoms in total. The number of aliphatic hydroxyl groups excluding tert-OH is 1. The Kier molecular flexibility index (Phi) is 7.97. The van der Waals surface area contributed by atoms with Crippen molar-refractivity contribution in [3.05, 3.63) is 35.9 Å². The van der Waals surface area contributed by atoms with Crippen molar-refractivity contribution in [1.82, 2.24) is 0 Å². The zero-order valence-electron chi connectivity index (χ0n) is 12.2. The molecule has 0 aromatic heterocycles. The third kappa shape index (κ3) is 6.71. The van der Waals surface area contributed by atoms with E-state index in [0.717, 1.165) is 24.8 Å². The van der Waals surface area contributed by atoms with E-state index in [9.17, 15) is 9.90 Å². The molecule has 0 aliphatic heterocycles. The second-order valence-electron chi connectivity index (χ2n) is 5.20. The minimum Gasteiger partial charge on any atom is -0.479 e. The number of aliphatic carboxylic acids is 1. The second-order valence-corrected chi connectivity index (χ2v) is 5.20. The highest BCUT2D eigenvalue weighted by Gasteiger charge is 2.34. The van der Waals surface area contributed by atoms with Gasteiger partial charge in [-0.2, -0.15) is 0 Å². The van der Waals surface area contributed by atoms with Crippen molar-refractivity contribution < 1.29 is 24.9 Å². The molecule has 0 radical (unpaired) electrons. The lowest BCUT2D eigenvalue weighted by Crippen LogP contribution is -2.42. The molecule has 0 aliphatic carbocycles. The van der Waals surface area contributed by atoms with Gasteiger partial charge in [-0.15, -0.1) is 0 Å². The molecular weight excluding hydrogens is 272 g/mol. The fourth-order valence-electron chi connectivity index (χ4n) is 1.99. The van der Waals surface area contributed by atoms with Crippen LogP contribution in [0.4, 0.5) is 0 Å². The topological polar surface area (TPSA) is 87.0 Å². The number of rotatable bonds is 11. The number of hydrogen-bond acceptors (Lipinski definition) is 4. The molecule has 118 valence electrons. The third-order valence-electron chi connectivity index (χ3n) is 3.40. The standard InChI is InChI=1S/C16H24O5/c17-13-16(20,15(18)19)10-6-1-2-7-11-21-12-14-8-4-3-5-9-14/h3-5,8-9,17,20H,1-2,6-7,10-13H2,(H,18,19). The summed E-state index contributed by atoms with van der Waals surface area (Å²) in [6.07, 6.45) is 3.27. The fourth-order valence-corrected chi connectivity index (χ4v) is 1.99. The number of carboxylic acid groups (broad SMARTS) is 1. The molecule has 1 aromatic rings. The number of ether oxygens (including phenoxy) is 1. The molecule has 21 heavy (non-hydrogen) atoms. The molecular formula is C16H24O5. The first kappa shape index (κ1) is 17.6. The van der Waals surface area contributed by atoms with E-state index in [2.05, 4.69) is 0 Å². The van der Waals surface area contributed by atoms with Crippen molar-refractivity contribution in [3.63, 3.8) is 0 Å². The lowest BCUT2D eigenvalue weighted by atomic mass is 9.97. The molecule has 1 aromatic carbocycles. The summed E-state index contributed by atoms with van der Waals surface area (Å²) in [7, 11) is 0. The zero-order valence-corrected chi connectivity index (χ0v) is 12.2. The summed E-state index contributed by atoms with van der Waals surface area (Å²) in [6, 6.07) is 9.95. The van der Waals surface area contributed by atoms with E-state index in [4.69, 9.17) is 14.9 Å². The van der Waals surface area contributed by atoms with Crippen LogP contribution in [-0.2, 0) is 16.1 Å². The van der Waals surface area contributed by atoms with E-state index < -0.39 is 18.2 Å². The molecule has 1 rings (SSSR count). The van der Waals surface area contributed by atoms with Gasteiger partial charge in [0.05, 0.1) is 13.2 Å². The Hall–Kier alpha value is -1.43. The van der Waals surface area contributed by atoms with Gasteiger partial charge in [-0.1, -0.05) is 43.2 Å². The molecule has 1 unspecified atom stereocenters. The minimum atomic E-state index is -2.00. The van der Waals surface area contributed by atoms with Gasteiger partial charge >= 0.3 is 5.97 Å². The minimum absolute atomic E-state index is 0.0731. The summed E-state index contributed by atoms with van der Waals surface area (Å²) in [6.45, 7) is 0.519. The smallest absolute Gasteiger partial charge is 0.338 e. The lowest BCUT2D eigenvalue weighted by molar-refractivity contribution is -0.163. The van der Waals surface area contributed by atoms with Crippen LogP contribution in [0.3, 0.4) is 0 Å². The highest BCUT2D eigenvalue weighted by atomic mass is 16.5. The Morgan fingerprint density at radius 1 is 1.10 bits per heavy atom. The molecule has 0 heterocycles. The van der Waals surface area contributed by atoms with Crippen molar-refractivity contribution in [2.75, 3.05) is 13.2 Å². The van der Waals surface area contributed by atoms with E-state index in [0.29, 0.717) is 19.6 Å². The molecule has 0 spiro atoms. The van der Waals surface area contributed by atoms with Crippen molar-refractivity contribution in [2.45, 2.75) is 44.3 Å². The van der Waals surface area contributed by atoms with Gasteiger partial charge in [0.25, 0.3) is 0 Å². The maximum atomic E-state index is 10.8. The van der Waals surface area contributed by atoms with Crippen LogP contribution in [0.1, 0.15) is 37.7 Å². The normalized spacial score (nSPS) is 13.8. The monoisotopic (exact) mass is 296 g/mol. The van der Waals surface area contributed by atoms with Gasteiger partial charge in [0.1, 0.15) is 0 Å². The predicted octanol–water partition coefficient (Wildman–Crippen LogP) is 1.96. The van der Waals surface area contributed by atoms with Gasteiger partial charge in [-0.25, -0.2) is 4.79 Å². The average Bonchev–Trinajstić information content (AvgIpc) is 2.50. The molecule has 5 heteroatoms. The summed E-state index contributed by atoms with van der Waals surface area (Å²) in [4.78, 5) is 10.8. The fraction of sp³-hybridized carbons (Fsp3) is 0.562. The van der Waals surface area contributed by atoms with Crippen LogP contribution in [-0.4, -0.2) is 40.1 Å². The molecule has 0 fully saturated rings. The first-order valence-electron chi connectivity index (χ1n) is 7.27. The molecule has 0 aliphatic rings. The van der Waals surface area contributed by atoms with Crippen LogP contribution in [0.15, 0.2) is 30.3 Å². The van der Waals surface area contributed by atoms with Gasteiger partial charge in [-0.3, -0.25) is 0 Å². The van der Waals surface area contributed by atoms with E-state index >= 15 is 0 Å². The summed E-state index contributed by atoms with van der Waals surface area (Å²) < 4.78 is 5.54. The van der Waals surface area contributed by atoms with Crippen LogP contribution in [0.2, 0.25) is 0 Å². The van der Waals surface area contributed by atoms with Crippen molar-refractivity contribution in [1.29, 1.82) is 0 Å². The largest absolute Gasteiger partial charge is 0.479 e. The molecule has 0 amide bonds. The zero-order chi connectivity index (χ0) is 15.6. The Morgan fingerprint density at radius 3 is 2.38 bits per heavy atom. The molecule has 1 atom stereocenters. The van der Waals surface area contributed by atoms with Gasteiger partial charge in [-0.05, 0) is 24.8 Å². The number of aliphatic hydroxyl groups is 2. The van der Waals surface area contributed by atoms with Gasteiger partial charge in [0.15, 0.2) is 5.60 Å². The summed E-state index contributed by atoms with van der Waals surface area (Å²) >= 11 is 0. The predicted molar refractivity (Wildman–Crippen MR) is 78.9 cm³/mol. The van der Waals surface area contributed by atoms with E-state index in [1.54, 1.807) is 0 Å². The number of carboxylic acids is 1. The van der Waals surface area contributed by atoms with Gasteiger partial charge in [0.2, 0.25) is 0 Å². The summed E-state index contributed by atoms with van der Waals surface area (Å²) in [5.74, 6) is -1.36. The first-order valence-corrected chi connectivity index (χ1v) is 7.27. The van der Waals surface area contributed by atoms with Crippen molar-refractivity contribution in [2.24, 2.45) is 0 Å². The second kappa shape index (κ2) is 9.50. The Morgan fingerprint density at radius 2 is 1.76 bits per heavy atom. The van der Waals surface area contributed by atoms with Crippen LogP contribution in [0.5, 0.6) is 0 Å². The molecule has 3 N–H and O–H groups in total. The van der Waals surface area contributed by atoms with Crippen molar-refractivity contribution in [3.8, 4) is 0 Å². The summed E-state index contributed by atoms with van der Waals surface area (Å²) in [5, 5.41) is 27.3. The third-order valence-corrected chi connectivity index (χ3v) is 3.40. The van der Waals surface area contributed by atoms with Crippen LogP contribution in [0.25, 0.3) is 0 Å². The number of unbranched alkanes of at least 4 members (excludes halogenated alkanes) is 3. The molecule has 0 bridgehead atoms. The quantitative estimate of drug-likeness (QED) is 0.543. The van der Waals surface area contributed by atoms with Crippen LogP contribution in [0, 0.1) is 0 Å². The van der Waals surface area contributed by atoms with E-state index in [-0.39, 0.29) is 6.42 Å². The Bertz CT molecular complexity index is 406. The maximum absolute atomic E-state index is 10.8. The van der Waals surface area contributed by atoms with Gasteiger partial charge in [0, 0.05) is 6.61 Å². The Balaban J connectivity index is 2.01. The SMILES string of the molecule is O=C(O)C(O)(CO)CCCCCCOCc1ccccc1. The van der Waals surface area contributed by atoms with E-state index in [1.807, 2.05) is 30.3 Å². The molecule has 0 saturated carbocycles. The van der Waals surface area contributed by atoms with Gasteiger partial charge < -0.3 is 20.1 Å². The van der Waals surface area contributed by atoms with Crippen LogP contribution >= 0.6 is 0 Å². The maximum Gasteiger partial charge on any atom is 0.338 e. The first-order chi connectivity index (χ1) is 10.1. The number of benzene rings is 1. The number of hydrogen-bond donors (Lipinski definition) is 3. The average molecular weight is 296 g/mol. The lowest BCUT2D eigenvalue weighted by Gasteiger charge is -2.20. The van der Waals surface area contributed by atoms with E-state index in [1.165, 1.54) is 0 Å².